The Kier molecular flexibility index (Phi) is 5.74. The molecule has 7 heteroatoms. The van der Waals surface area contributed by atoms with Gasteiger partial charge in [0.15, 0.2) is 5.69 Å². The Hall–Kier alpha value is -2.34. The van der Waals surface area contributed by atoms with Crippen molar-refractivity contribution in [3.05, 3.63) is 70.0 Å². The number of nitrogens with one attached hydrogen (secondary N) is 1. The van der Waals surface area contributed by atoms with Crippen molar-refractivity contribution in [2.45, 2.75) is 38.0 Å². The highest BCUT2D eigenvalue weighted by Gasteiger charge is 2.36. The first-order chi connectivity index (χ1) is 15.1. The maximum atomic E-state index is 13.4. The smallest absolute Gasteiger partial charge is 0.286 e. The molecule has 1 saturated carbocycles. The van der Waals surface area contributed by atoms with Gasteiger partial charge < -0.3 is 0 Å². The van der Waals surface area contributed by atoms with E-state index in [1.54, 1.807) is 0 Å². The van der Waals surface area contributed by atoms with Gasteiger partial charge >= 0.3 is 0 Å². The topological polar surface area (TPSA) is 50.2 Å². The molecule has 1 aromatic heterocycles. The van der Waals surface area contributed by atoms with E-state index in [-0.39, 0.29) is 5.91 Å². The minimum absolute atomic E-state index is 0.148. The number of hydrogen-bond donors (Lipinski definition) is 1. The van der Waals surface area contributed by atoms with Crippen LogP contribution in [0.5, 0.6) is 0 Å². The molecule has 160 valence electrons. The van der Waals surface area contributed by atoms with Crippen molar-refractivity contribution in [2.24, 2.45) is 0 Å². The number of carbonyl (C=O) groups excluding carboxylic acids is 1. The summed E-state index contributed by atoms with van der Waals surface area (Å²) in [5.74, 6) is 0.838. The number of imidazole rings is 1. The molecule has 3 aromatic rings. The number of amides is 1. The third kappa shape index (κ3) is 4.22. The Balaban J connectivity index is 1.65. The van der Waals surface area contributed by atoms with Gasteiger partial charge in [0.2, 0.25) is 0 Å². The fourth-order valence-corrected chi connectivity index (χ4v) is 4.56. The minimum atomic E-state index is -0.148. The molecule has 0 spiro atoms. The predicted molar refractivity (Wildman–Crippen MR) is 124 cm³/mol. The number of benzene rings is 2. The molecule has 2 fully saturated rings. The number of hydrogen-bond acceptors (Lipinski definition) is 3. The first kappa shape index (κ1) is 20.6. The molecule has 0 bridgehead atoms. The van der Waals surface area contributed by atoms with Crippen LogP contribution in [0.25, 0.3) is 17.1 Å². The summed E-state index contributed by atoms with van der Waals surface area (Å²) in [6.45, 7) is 1.75. The lowest BCUT2D eigenvalue weighted by Crippen LogP contribution is -2.45. The zero-order chi connectivity index (χ0) is 21.4. The van der Waals surface area contributed by atoms with E-state index in [0.717, 1.165) is 55.7 Å². The van der Waals surface area contributed by atoms with Gasteiger partial charge in [-0.05, 0) is 62.1 Å². The summed E-state index contributed by atoms with van der Waals surface area (Å²) in [6, 6.07) is 15.3. The maximum Gasteiger partial charge on any atom is 0.286 e. The highest BCUT2D eigenvalue weighted by atomic mass is 35.5. The number of piperidine rings is 1. The molecule has 5 rings (SSSR count). The average Bonchev–Trinajstić information content (AvgIpc) is 3.55. The van der Waals surface area contributed by atoms with E-state index in [2.05, 4.69) is 9.99 Å². The number of halogens is 2. The van der Waals surface area contributed by atoms with Gasteiger partial charge in [-0.2, -0.15) is 0 Å². The van der Waals surface area contributed by atoms with Gasteiger partial charge in [0.25, 0.3) is 5.91 Å². The zero-order valence-electron chi connectivity index (χ0n) is 17.2. The van der Waals surface area contributed by atoms with Crippen LogP contribution in [0.15, 0.2) is 48.5 Å². The molecule has 2 aromatic carbocycles. The molecule has 1 N–H and O–H groups in total. The van der Waals surface area contributed by atoms with Crippen LogP contribution in [0.2, 0.25) is 10.0 Å². The monoisotopic (exact) mass is 454 g/mol. The van der Waals surface area contributed by atoms with E-state index >= 15 is 0 Å². The molecule has 0 atom stereocenters. The van der Waals surface area contributed by atoms with Crippen molar-refractivity contribution in [2.75, 3.05) is 13.1 Å². The lowest BCUT2D eigenvalue weighted by atomic mass is 10.1. The van der Waals surface area contributed by atoms with Crippen molar-refractivity contribution in [3.8, 4) is 17.1 Å². The normalized spacial score (nSPS) is 17.0. The quantitative estimate of drug-likeness (QED) is 0.525. The summed E-state index contributed by atoms with van der Waals surface area (Å²) in [7, 11) is 0. The van der Waals surface area contributed by atoms with Crippen LogP contribution in [0.4, 0.5) is 0 Å². The van der Waals surface area contributed by atoms with Crippen molar-refractivity contribution < 1.29 is 4.79 Å². The largest absolute Gasteiger partial charge is 0.296 e. The Morgan fingerprint density at radius 3 is 2.35 bits per heavy atom. The summed E-state index contributed by atoms with van der Waals surface area (Å²) in [5.41, 5.74) is 6.25. The highest BCUT2D eigenvalue weighted by Crippen LogP contribution is 2.45. The van der Waals surface area contributed by atoms with E-state index in [1.165, 1.54) is 6.42 Å². The van der Waals surface area contributed by atoms with Gasteiger partial charge in [-0.1, -0.05) is 41.8 Å². The molecule has 1 saturated heterocycles. The van der Waals surface area contributed by atoms with E-state index in [9.17, 15) is 4.79 Å². The first-order valence-electron chi connectivity index (χ1n) is 10.8. The second kappa shape index (κ2) is 8.65. The van der Waals surface area contributed by atoms with Gasteiger partial charge in [0.05, 0.1) is 10.7 Å². The number of rotatable bonds is 5. The van der Waals surface area contributed by atoms with Crippen LogP contribution in [-0.2, 0) is 0 Å². The Morgan fingerprint density at radius 2 is 1.68 bits per heavy atom. The average molecular weight is 455 g/mol. The fraction of sp³-hybridized carbons (Fsp3) is 0.333. The minimum Gasteiger partial charge on any atom is -0.296 e. The Labute approximate surface area is 192 Å². The molecule has 1 amide bonds. The molecule has 1 aliphatic carbocycles. The molecule has 2 heterocycles. The SMILES string of the molecule is O=C(NN1CCCCC1)c1nc(-c2ccccc2Cl)n(-c2ccc(Cl)cc2)c1C1CC1. The van der Waals surface area contributed by atoms with Gasteiger partial charge in [0, 0.05) is 35.3 Å². The van der Waals surface area contributed by atoms with E-state index in [1.807, 2.05) is 53.5 Å². The van der Waals surface area contributed by atoms with Crippen LogP contribution < -0.4 is 5.43 Å². The van der Waals surface area contributed by atoms with Crippen molar-refractivity contribution in [3.63, 3.8) is 0 Å². The Morgan fingerprint density at radius 1 is 0.968 bits per heavy atom. The van der Waals surface area contributed by atoms with E-state index < -0.39 is 0 Å². The van der Waals surface area contributed by atoms with Gasteiger partial charge in [0.1, 0.15) is 5.82 Å². The molecule has 2 aliphatic rings. The van der Waals surface area contributed by atoms with E-state index in [0.29, 0.717) is 27.5 Å². The first-order valence-corrected chi connectivity index (χ1v) is 11.6. The molecule has 5 nitrogen and oxygen atoms in total. The summed E-state index contributed by atoms with van der Waals surface area (Å²) in [5, 5.41) is 3.28. The van der Waals surface area contributed by atoms with Crippen molar-refractivity contribution in [1.82, 2.24) is 20.0 Å². The second-order valence-corrected chi connectivity index (χ2v) is 9.07. The van der Waals surface area contributed by atoms with Crippen LogP contribution >= 0.6 is 23.2 Å². The number of nitrogens with zero attached hydrogens (tertiary/aromatic N) is 3. The van der Waals surface area contributed by atoms with Gasteiger partial charge in [-0.15, -0.1) is 0 Å². The summed E-state index contributed by atoms with van der Waals surface area (Å²) < 4.78 is 2.08. The van der Waals surface area contributed by atoms with E-state index in [4.69, 9.17) is 28.2 Å². The van der Waals surface area contributed by atoms with Crippen LogP contribution in [0.1, 0.15) is 54.2 Å². The molecule has 31 heavy (non-hydrogen) atoms. The number of hydrazine groups is 1. The molecular weight excluding hydrogens is 431 g/mol. The number of carbonyl (C=O) groups is 1. The van der Waals surface area contributed by atoms with Gasteiger partial charge in [-0.3, -0.25) is 14.8 Å². The number of aromatic nitrogens is 2. The van der Waals surface area contributed by atoms with Crippen LogP contribution in [-0.4, -0.2) is 33.6 Å². The van der Waals surface area contributed by atoms with Crippen LogP contribution in [0.3, 0.4) is 0 Å². The maximum absolute atomic E-state index is 13.4. The highest BCUT2D eigenvalue weighted by molar-refractivity contribution is 6.33. The predicted octanol–water partition coefficient (Wildman–Crippen LogP) is 5.85. The lowest BCUT2D eigenvalue weighted by molar-refractivity contribution is 0.0744. The third-order valence-corrected chi connectivity index (χ3v) is 6.49. The summed E-state index contributed by atoms with van der Waals surface area (Å²) in [4.78, 5) is 18.2. The Bertz CT molecular complexity index is 1100. The standard InChI is InChI=1S/C24H24Cl2N4O/c25-17-10-12-18(13-11-17)30-22(16-8-9-16)21(24(31)28-29-14-4-1-5-15-29)27-23(30)19-6-2-3-7-20(19)26/h2-3,6-7,10-13,16H,1,4-5,8-9,14-15H2,(H,28,31). The summed E-state index contributed by atoms with van der Waals surface area (Å²) in [6.07, 6.45) is 5.50. The second-order valence-electron chi connectivity index (χ2n) is 8.22. The van der Waals surface area contributed by atoms with Crippen molar-refractivity contribution >= 4 is 29.1 Å². The molecular formula is C24H24Cl2N4O. The van der Waals surface area contributed by atoms with Crippen LogP contribution in [0, 0.1) is 0 Å². The molecule has 1 aliphatic heterocycles. The lowest BCUT2D eigenvalue weighted by Gasteiger charge is -2.26. The fourth-order valence-electron chi connectivity index (χ4n) is 4.21. The molecule has 0 radical (unpaired) electrons. The summed E-state index contributed by atoms with van der Waals surface area (Å²) >= 11 is 12.7. The molecule has 0 unspecified atom stereocenters. The third-order valence-electron chi connectivity index (χ3n) is 5.91. The van der Waals surface area contributed by atoms with Gasteiger partial charge in [-0.25, -0.2) is 9.99 Å². The van der Waals surface area contributed by atoms with Crippen molar-refractivity contribution in [1.29, 1.82) is 0 Å². The zero-order valence-corrected chi connectivity index (χ0v) is 18.7.